The molecule has 0 unspecified atom stereocenters. The topological polar surface area (TPSA) is 21.6 Å². The van der Waals surface area contributed by atoms with Crippen LogP contribution in [0.2, 0.25) is 5.02 Å². The van der Waals surface area contributed by atoms with Gasteiger partial charge in [0.2, 0.25) is 0 Å². The number of rotatable bonds is 3. The summed E-state index contributed by atoms with van der Waals surface area (Å²) in [4.78, 5) is 6.01. The second-order valence-corrected chi connectivity index (χ2v) is 7.29. The molecule has 0 aromatic heterocycles. The van der Waals surface area contributed by atoms with Crippen LogP contribution < -0.4 is 4.74 Å². The minimum Gasteiger partial charge on any atom is -0.497 e. The van der Waals surface area contributed by atoms with Crippen LogP contribution in [-0.2, 0) is 0 Å². The Morgan fingerprint density at radius 2 is 1.58 bits per heavy atom. The maximum Gasteiger partial charge on any atom is 0.118 e. The summed E-state index contributed by atoms with van der Waals surface area (Å²) in [5, 5.41) is 1.72. The van der Waals surface area contributed by atoms with E-state index in [2.05, 4.69) is 36.4 Å². The van der Waals surface area contributed by atoms with Gasteiger partial charge in [0.05, 0.1) is 12.8 Å². The normalized spacial score (nSPS) is 16.1. The van der Waals surface area contributed by atoms with E-state index in [1.807, 2.05) is 42.5 Å². The summed E-state index contributed by atoms with van der Waals surface area (Å²) in [7, 11) is 1.68. The fourth-order valence-corrected chi connectivity index (χ4v) is 4.03. The van der Waals surface area contributed by atoms with Gasteiger partial charge in [0.1, 0.15) is 10.8 Å². The van der Waals surface area contributed by atoms with Gasteiger partial charge in [0, 0.05) is 15.5 Å². The minimum atomic E-state index is 0.716. The lowest BCUT2D eigenvalue weighted by molar-refractivity contribution is 0.415. The highest BCUT2D eigenvalue weighted by atomic mass is 35.5. The molecule has 128 valence electrons. The number of thioether (sulfide) groups is 1. The van der Waals surface area contributed by atoms with Crippen molar-refractivity contribution in [3.63, 3.8) is 0 Å². The molecule has 0 saturated carbocycles. The third kappa shape index (κ3) is 3.55. The predicted molar refractivity (Wildman–Crippen MR) is 113 cm³/mol. The van der Waals surface area contributed by atoms with Crippen LogP contribution in [0, 0.1) is 0 Å². The Kier molecular flexibility index (Phi) is 4.83. The molecule has 0 N–H and O–H groups in total. The van der Waals surface area contributed by atoms with Gasteiger partial charge < -0.3 is 4.74 Å². The van der Waals surface area contributed by atoms with E-state index in [4.69, 9.17) is 21.3 Å². The van der Waals surface area contributed by atoms with Gasteiger partial charge in [-0.3, -0.25) is 0 Å². The standard InChI is InChI=1S/C22H16ClNOS/c1-25-18-12-6-15(7-13-18)14-21-19-4-2-3-5-20(19)22(26-21)24-17-10-8-16(23)9-11-17/h2-14H,1H3/b21-14-,24-22?. The van der Waals surface area contributed by atoms with Crippen molar-refractivity contribution >= 4 is 45.1 Å². The molecule has 0 saturated heterocycles. The van der Waals surface area contributed by atoms with Crippen molar-refractivity contribution in [1.29, 1.82) is 0 Å². The van der Waals surface area contributed by atoms with E-state index in [9.17, 15) is 0 Å². The molecule has 0 amide bonds. The van der Waals surface area contributed by atoms with Crippen LogP contribution >= 0.6 is 23.4 Å². The first kappa shape index (κ1) is 17.0. The van der Waals surface area contributed by atoms with Gasteiger partial charge in [-0.2, -0.15) is 0 Å². The molecule has 4 rings (SSSR count). The number of benzene rings is 3. The number of nitrogens with zero attached hydrogens (tertiary/aromatic N) is 1. The molecule has 0 bridgehead atoms. The van der Waals surface area contributed by atoms with E-state index < -0.39 is 0 Å². The molecule has 1 aliphatic rings. The molecular formula is C22H16ClNOS. The van der Waals surface area contributed by atoms with Crippen molar-refractivity contribution in [2.75, 3.05) is 7.11 Å². The van der Waals surface area contributed by atoms with Gasteiger partial charge in [0.15, 0.2) is 0 Å². The highest BCUT2D eigenvalue weighted by Crippen LogP contribution is 2.43. The Morgan fingerprint density at radius 1 is 0.885 bits per heavy atom. The van der Waals surface area contributed by atoms with E-state index >= 15 is 0 Å². The lowest BCUT2D eigenvalue weighted by Gasteiger charge is -2.01. The molecule has 0 fully saturated rings. The summed E-state index contributed by atoms with van der Waals surface area (Å²) in [6.07, 6.45) is 2.19. The molecule has 0 aliphatic carbocycles. The molecule has 26 heavy (non-hydrogen) atoms. The highest BCUT2D eigenvalue weighted by molar-refractivity contribution is 8.23. The molecule has 4 heteroatoms. The Balaban J connectivity index is 1.72. The molecule has 2 nitrogen and oxygen atoms in total. The van der Waals surface area contributed by atoms with Crippen LogP contribution in [0.3, 0.4) is 0 Å². The van der Waals surface area contributed by atoms with Crippen molar-refractivity contribution in [3.8, 4) is 5.75 Å². The average Bonchev–Trinajstić information content (AvgIpc) is 3.02. The molecular weight excluding hydrogens is 362 g/mol. The third-order valence-corrected chi connectivity index (χ3v) is 5.41. The maximum atomic E-state index is 5.97. The fourth-order valence-electron chi connectivity index (χ4n) is 2.77. The Morgan fingerprint density at radius 3 is 2.27 bits per heavy atom. The lowest BCUT2D eigenvalue weighted by atomic mass is 10.1. The zero-order valence-electron chi connectivity index (χ0n) is 14.1. The Bertz CT molecular complexity index is 991. The number of fused-ring (bicyclic) bond motifs is 1. The highest BCUT2D eigenvalue weighted by Gasteiger charge is 2.23. The third-order valence-electron chi connectivity index (χ3n) is 4.10. The number of ether oxygens (including phenoxy) is 1. The fraction of sp³-hybridized carbons (Fsp3) is 0.0455. The molecule has 0 spiro atoms. The van der Waals surface area contributed by atoms with Gasteiger partial charge in [-0.15, -0.1) is 0 Å². The first-order valence-electron chi connectivity index (χ1n) is 8.20. The largest absolute Gasteiger partial charge is 0.497 e. The van der Waals surface area contributed by atoms with Crippen LogP contribution in [0.25, 0.3) is 11.0 Å². The van der Waals surface area contributed by atoms with E-state index in [1.54, 1.807) is 18.9 Å². The second kappa shape index (κ2) is 7.40. The van der Waals surface area contributed by atoms with Crippen molar-refractivity contribution in [2.45, 2.75) is 0 Å². The van der Waals surface area contributed by atoms with Crippen molar-refractivity contribution in [2.24, 2.45) is 4.99 Å². The number of hydrogen-bond acceptors (Lipinski definition) is 3. The summed E-state index contributed by atoms with van der Waals surface area (Å²) >= 11 is 7.66. The van der Waals surface area contributed by atoms with Crippen LogP contribution in [-0.4, -0.2) is 12.2 Å². The monoisotopic (exact) mass is 377 g/mol. The quantitative estimate of drug-likeness (QED) is 0.508. The van der Waals surface area contributed by atoms with Crippen molar-refractivity contribution in [1.82, 2.24) is 0 Å². The zero-order chi connectivity index (χ0) is 17.9. The van der Waals surface area contributed by atoms with Crippen molar-refractivity contribution < 1.29 is 4.74 Å². The van der Waals surface area contributed by atoms with Crippen LogP contribution in [0.4, 0.5) is 5.69 Å². The van der Waals surface area contributed by atoms with Crippen molar-refractivity contribution in [3.05, 3.63) is 94.5 Å². The Labute approximate surface area is 162 Å². The van der Waals surface area contributed by atoms with Crippen LogP contribution in [0.15, 0.2) is 77.8 Å². The lowest BCUT2D eigenvalue weighted by Crippen LogP contribution is -1.89. The van der Waals surface area contributed by atoms with E-state index in [1.165, 1.54) is 10.5 Å². The van der Waals surface area contributed by atoms with Gasteiger partial charge in [0.25, 0.3) is 0 Å². The SMILES string of the molecule is COc1ccc(/C=C2\SC(=Nc3ccc(Cl)cc3)c3ccccc32)cc1. The summed E-state index contributed by atoms with van der Waals surface area (Å²) < 4.78 is 5.23. The molecule has 3 aromatic rings. The average molecular weight is 378 g/mol. The number of halogens is 1. The molecule has 3 aromatic carbocycles. The van der Waals surface area contributed by atoms with Crippen LogP contribution in [0.5, 0.6) is 5.75 Å². The van der Waals surface area contributed by atoms with E-state index in [0.29, 0.717) is 5.02 Å². The summed E-state index contributed by atoms with van der Waals surface area (Å²) in [6, 6.07) is 24.0. The summed E-state index contributed by atoms with van der Waals surface area (Å²) in [6.45, 7) is 0. The number of hydrogen-bond donors (Lipinski definition) is 0. The minimum absolute atomic E-state index is 0.716. The molecule has 1 heterocycles. The number of methoxy groups -OCH3 is 1. The molecule has 0 atom stereocenters. The number of aliphatic imine (C=N–C) groups is 1. The van der Waals surface area contributed by atoms with Crippen LogP contribution in [0.1, 0.15) is 16.7 Å². The molecule has 1 aliphatic heterocycles. The Hall–Kier alpha value is -2.49. The second-order valence-electron chi connectivity index (χ2n) is 5.82. The smallest absolute Gasteiger partial charge is 0.118 e. The first-order valence-corrected chi connectivity index (χ1v) is 9.40. The summed E-state index contributed by atoms with van der Waals surface area (Å²) in [5.41, 5.74) is 4.40. The first-order chi connectivity index (χ1) is 12.7. The van der Waals surface area contributed by atoms with Gasteiger partial charge in [-0.05, 0) is 53.6 Å². The summed E-state index contributed by atoms with van der Waals surface area (Å²) in [5.74, 6) is 0.858. The molecule has 0 radical (unpaired) electrons. The van der Waals surface area contributed by atoms with Gasteiger partial charge >= 0.3 is 0 Å². The van der Waals surface area contributed by atoms with E-state index in [-0.39, 0.29) is 0 Å². The predicted octanol–water partition coefficient (Wildman–Crippen LogP) is 6.67. The van der Waals surface area contributed by atoms with Gasteiger partial charge in [-0.1, -0.05) is 59.8 Å². The van der Waals surface area contributed by atoms with E-state index in [0.717, 1.165) is 27.6 Å². The maximum absolute atomic E-state index is 5.97. The van der Waals surface area contributed by atoms with Gasteiger partial charge in [-0.25, -0.2) is 4.99 Å². The zero-order valence-corrected chi connectivity index (χ0v) is 15.7.